The first-order valence-corrected chi connectivity index (χ1v) is 9.26. The molecule has 6 heteroatoms. The van der Waals surface area contributed by atoms with Gasteiger partial charge in [0, 0.05) is 34.3 Å². The molecule has 0 aliphatic rings. The second-order valence-corrected chi connectivity index (χ2v) is 6.86. The standard InChI is InChI=1S/C23H19N3O3/c27-20-12-17(23(28)26-20)21-16-11-15(29-13-14-5-2-1-3-6-14)8-9-18(16)25-22(21)19-7-4-10-24-19/h1-12,24-28H,13H2. The van der Waals surface area contributed by atoms with Gasteiger partial charge in [-0.1, -0.05) is 30.3 Å². The highest BCUT2D eigenvalue weighted by atomic mass is 16.5. The van der Waals surface area contributed by atoms with Gasteiger partial charge in [-0.15, -0.1) is 0 Å². The van der Waals surface area contributed by atoms with E-state index in [1.165, 1.54) is 6.07 Å². The van der Waals surface area contributed by atoms with E-state index in [1.54, 1.807) is 0 Å². The minimum atomic E-state index is -0.0965. The molecule has 6 nitrogen and oxygen atoms in total. The normalized spacial score (nSPS) is 11.2. The molecule has 0 fully saturated rings. The van der Waals surface area contributed by atoms with E-state index < -0.39 is 0 Å². The number of benzene rings is 2. The van der Waals surface area contributed by atoms with E-state index in [-0.39, 0.29) is 11.8 Å². The Bertz CT molecular complexity index is 1270. The van der Waals surface area contributed by atoms with Crippen LogP contribution in [0.4, 0.5) is 0 Å². The Morgan fingerprint density at radius 1 is 0.862 bits per heavy atom. The molecule has 0 spiro atoms. The average molecular weight is 385 g/mol. The van der Waals surface area contributed by atoms with Gasteiger partial charge in [0.05, 0.1) is 11.4 Å². The second kappa shape index (κ2) is 6.83. The molecule has 0 amide bonds. The fourth-order valence-electron chi connectivity index (χ4n) is 3.59. The predicted molar refractivity (Wildman–Crippen MR) is 112 cm³/mol. The number of fused-ring (bicyclic) bond motifs is 1. The van der Waals surface area contributed by atoms with E-state index in [1.807, 2.05) is 66.9 Å². The lowest BCUT2D eigenvalue weighted by molar-refractivity contribution is 0.306. The highest BCUT2D eigenvalue weighted by Crippen LogP contribution is 2.43. The van der Waals surface area contributed by atoms with E-state index in [0.717, 1.165) is 39.2 Å². The number of aromatic amines is 3. The van der Waals surface area contributed by atoms with Crippen molar-refractivity contribution < 1.29 is 14.9 Å². The van der Waals surface area contributed by atoms with Crippen LogP contribution in [0.15, 0.2) is 72.9 Å². The topological polar surface area (TPSA) is 97.1 Å². The van der Waals surface area contributed by atoms with Crippen LogP contribution in [0.1, 0.15) is 5.56 Å². The molecule has 5 rings (SSSR count). The van der Waals surface area contributed by atoms with E-state index in [2.05, 4.69) is 15.0 Å². The molecule has 0 aliphatic carbocycles. The minimum absolute atomic E-state index is 0.0909. The quantitative estimate of drug-likeness (QED) is 0.289. The largest absolute Gasteiger partial charge is 0.494 e. The van der Waals surface area contributed by atoms with Gasteiger partial charge in [0.2, 0.25) is 0 Å². The van der Waals surface area contributed by atoms with Crippen LogP contribution >= 0.6 is 0 Å². The van der Waals surface area contributed by atoms with Gasteiger partial charge >= 0.3 is 0 Å². The van der Waals surface area contributed by atoms with E-state index in [4.69, 9.17) is 4.74 Å². The van der Waals surface area contributed by atoms with E-state index >= 15 is 0 Å². The molecule has 3 heterocycles. The lowest BCUT2D eigenvalue weighted by Gasteiger charge is -2.07. The van der Waals surface area contributed by atoms with Crippen molar-refractivity contribution in [2.24, 2.45) is 0 Å². The van der Waals surface area contributed by atoms with Gasteiger partial charge in [-0.3, -0.25) is 4.98 Å². The number of rotatable bonds is 5. The smallest absolute Gasteiger partial charge is 0.199 e. The van der Waals surface area contributed by atoms with Gasteiger partial charge in [0.1, 0.15) is 12.4 Å². The highest BCUT2D eigenvalue weighted by molar-refractivity contribution is 6.05. The molecule has 0 bridgehead atoms. The molecule has 2 aromatic carbocycles. The van der Waals surface area contributed by atoms with Crippen molar-refractivity contribution in [1.29, 1.82) is 0 Å². The molecule has 0 saturated carbocycles. The minimum Gasteiger partial charge on any atom is -0.494 e. The Labute approximate surface area is 166 Å². The first-order valence-electron chi connectivity index (χ1n) is 9.26. The predicted octanol–water partition coefficient (Wildman–Crippen LogP) is 5.15. The molecule has 5 N–H and O–H groups in total. The van der Waals surface area contributed by atoms with Crippen LogP contribution in [-0.2, 0) is 6.61 Å². The molecule has 0 radical (unpaired) electrons. The van der Waals surface area contributed by atoms with Crippen LogP contribution in [0.5, 0.6) is 17.5 Å². The zero-order valence-corrected chi connectivity index (χ0v) is 15.4. The summed E-state index contributed by atoms with van der Waals surface area (Å²) < 4.78 is 5.99. The van der Waals surface area contributed by atoms with Crippen LogP contribution in [0, 0.1) is 0 Å². The van der Waals surface area contributed by atoms with Crippen LogP contribution in [-0.4, -0.2) is 25.2 Å². The van der Waals surface area contributed by atoms with Crippen molar-refractivity contribution in [1.82, 2.24) is 15.0 Å². The summed E-state index contributed by atoms with van der Waals surface area (Å²) >= 11 is 0. The monoisotopic (exact) mass is 385 g/mol. The molecule has 5 aromatic rings. The summed E-state index contributed by atoms with van der Waals surface area (Å²) in [5.74, 6) is 0.534. The second-order valence-electron chi connectivity index (χ2n) is 6.86. The van der Waals surface area contributed by atoms with Gasteiger partial charge < -0.3 is 24.9 Å². The summed E-state index contributed by atoms with van der Waals surface area (Å²) in [5, 5.41) is 21.1. The molecule has 0 aliphatic heterocycles. The summed E-state index contributed by atoms with van der Waals surface area (Å²) in [6.07, 6.45) is 1.84. The summed E-state index contributed by atoms with van der Waals surface area (Å²) in [7, 11) is 0. The lowest BCUT2D eigenvalue weighted by atomic mass is 10.0. The first-order chi connectivity index (χ1) is 14.2. The third kappa shape index (κ3) is 3.10. The highest BCUT2D eigenvalue weighted by Gasteiger charge is 2.20. The maximum absolute atomic E-state index is 10.3. The lowest BCUT2D eigenvalue weighted by Crippen LogP contribution is -1.94. The van der Waals surface area contributed by atoms with Crippen LogP contribution < -0.4 is 4.74 Å². The first kappa shape index (κ1) is 17.1. The van der Waals surface area contributed by atoms with Crippen molar-refractivity contribution in [2.45, 2.75) is 6.61 Å². The number of hydrogen-bond donors (Lipinski definition) is 5. The molecular formula is C23H19N3O3. The Morgan fingerprint density at radius 3 is 2.45 bits per heavy atom. The third-order valence-electron chi connectivity index (χ3n) is 4.94. The maximum atomic E-state index is 10.3. The van der Waals surface area contributed by atoms with Crippen molar-refractivity contribution in [2.75, 3.05) is 0 Å². The summed E-state index contributed by atoms with van der Waals surface area (Å²) in [5.41, 5.74) is 4.97. The fraction of sp³-hybridized carbons (Fsp3) is 0.0435. The molecule has 3 aromatic heterocycles. The summed E-state index contributed by atoms with van der Waals surface area (Å²) in [6, 6.07) is 21.2. The number of aromatic nitrogens is 3. The van der Waals surface area contributed by atoms with Gasteiger partial charge in [-0.25, -0.2) is 0 Å². The molecular weight excluding hydrogens is 366 g/mol. The number of nitrogens with one attached hydrogen (secondary N) is 3. The zero-order chi connectivity index (χ0) is 19.8. The van der Waals surface area contributed by atoms with Gasteiger partial charge in [-0.2, -0.15) is 0 Å². The van der Waals surface area contributed by atoms with Gasteiger partial charge in [0.25, 0.3) is 0 Å². The van der Waals surface area contributed by atoms with E-state index in [9.17, 15) is 10.2 Å². The number of hydrogen-bond acceptors (Lipinski definition) is 3. The SMILES string of the molecule is Oc1cc(-c2c(-c3ccc[nH]3)[nH]c3ccc(OCc4ccccc4)cc23)c(O)[nH]1. The maximum Gasteiger partial charge on any atom is 0.199 e. The van der Waals surface area contributed by atoms with Crippen molar-refractivity contribution >= 4 is 10.9 Å². The Hall–Kier alpha value is -4.06. The number of H-pyrrole nitrogens is 3. The summed E-state index contributed by atoms with van der Waals surface area (Å²) in [4.78, 5) is 9.15. The molecule has 29 heavy (non-hydrogen) atoms. The third-order valence-corrected chi connectivity index (χ3v) is 4.94. The van der Waals surface area contributed by atoms with Crippen LogP contribution in [0.25, 0.3) is 33.4 Å². The van der Waals surface area contributed by atoms with E-state index in [0.29, 0.717) is 12.2 Å². The van der Waals surface area contributed by atoms with Crippen LogP contribution in [0.3, 0.4) is 0 Å². The molecule has 0 atom stereocenters. The van der Waals surface area contributed by atoms with Crippen molar-refractivity contribution in [3.8, 4) is 40.0 Å². The number of ether oxygens (including phenoxy) is 1. The van der Waals surface area contributed by atoms with Crippen LogP contribution in [0.2, 0.25) is 0 Å². The average Bonchev–Trinajstić information content (AvgIpc) is 3.45. The summed E-state index contributed by atoms with van der Waals surface area (Å²) in [6.45, 7) is 0.464. The van der Waals surface area contributed by atoms with Crippen molar-refractivity contribution in [3.63, 3.8) is 0 Å². The number of aromatic hydroxyl groups is 2. The van der Waals surface area contributed by atoms with Crippen molar-refractivity contribution in [3.05, 3.63) is 78.5 Å². The Balaban J connectivity index is 1.62. The van der Waals surface area contributed by atoms with Gasteiger partial charge in [0.15, 0.2) is 11.8 Å². The Morgan fingerprint density at radius 2 is 1.72 bits per heavy atom. The molecule has 0 unspecified atom stereocenters. The van der Waals surface area contributed by atoms with Gasteiger partial charge in [-0.05, 0) is 35.9 Å². The fourth-order valence-corrected chi connectivity index (χ4v) is 3.59. The molecule has 144 valence electrons. The molecule has 0 saturated heterocycles. The Kier molecular flexibility index (Phi) is 4.02. The zero-order valence-electron chi connectivity index (χ0n) is 15.4.